The summed E-state index contributed by atoms with van der Waals surface area (Å²) in [5.74, 6) is 1.48. The smallest absolute Gasteiger partial charge is 0.00987 e. The van der Waals surface area contributed by atoms with Crippen molar-refractivity contribution in [1.29, 1.82) is 0 Å². The summed E-state index contributed by atoms with van der Waals surface area (Å²) >= 11 is 4.62. The van der Waals surface area contributed by atoms with E-state index < -0.39 is 0 Å². The van der Waals surface area contributed by atoms with E-state index in [1.54, 1.807) is 0 Å². The summed E-state index contributed by atoms with van der Waals surface area (Å²) in [6.07, 6.45) is 2.60. The lowest BCUT2D eigenvalue weighted by Gasteiger charge is -2.31. The van der Waals surface area contributed by atoms with E-state index in [2.05, 4.69) is 61.1 Å². The molecule has 0 saturated carbocycles. The molecule has 0 aliphatic rings. The van der Waals surface area contributed by atoms with E-state index in [1.165, 1.54) is 12.8 Å². The van der Waals surface area contributed by atoms with Gasteiger partial charge in [-0.3, -0.25) is 0 Å². The fourth-order valence-corrected chi connectivity index (χ4v) is 1.42. The number of hydrogen-bond donors (Lipinski definition) is 1. The van der Waals surface area contributed by atoms with Crippen molar-refractivity contribution >= 4 is 12.6 Å². The van der Waals surface area contributed by atoms with E-state index >= 15 is 0 Å². The predicted molar refractivity (Wildman–Crippen MR) is 70.1 cm³/mol. The second-order valence-corrected chi connectivity index (χ2v) is 7.55. The summed E-state index contributed by atoms with van der Waals surface area (Å²) < 4.78 is 0.164. The zero-order valence-corrected chi connectivity index (χ0v) is 11.9. The quantitative estimate of drug-likeness (QED) is 0.642. The predicted octanol–water partition coefficient (Wildman–Crippen LogP) is 4.79. The van der Waals surface area contributed by atoms with Gasteiger partial charge in [-0.1, -0.05) is 48.5 Å². The molecule has 0 aromatic heterocycles. The van der Waals surface area contributed by atoms with Gasteiger partial charge in [0.2, 0.25) is 0 Å². The maximum atomic E-state index is 4.62. The van der Waals surface area contributed by atoms with Crippen LogP contribution in [0.1, 0.15) is 61.3 Å². The molecule has 0 amide bonds. The summed E-state index contributed by atoms with van der Waals surface area (Å²) in [7, 11) is 0. The van der Waals surface area contributed by atoms with Crippen molar-refractivity contribution in [3.05, 3.63) is 0 Å². The fourth-order valence-electron chi connectivity index (χ4n) is 1.29. The standard InChI is InChI=1S/C13H28S/c1-10(12(3,4)5)8-9-11(2)13(6,7)14/h10-11,14H,8-9H2,1-7H3. The van der Waals surface area contributed by atoms with E-state index in [1.807, 2.05) is 0 Å². The van der Waals surface area contributed by atoms with E-state index in [0.717, 1.165) is 5.92 Å². The molecule has 14 heavy (non-hydrogen) atoms. The van der Waals surface area contributed by atoms with Gasteiger partial charge in [0.05, 0.1) is 0 Å². The first kappa shape index (κ1) is 14.3. The minimum Gasteiger partial charge on any atom is -0.173 e. The first-order chi connectivity index (χ1) is 6.05. The van der Waals surface area contributed by atoms with Gasteiger partial charge in [-0.15, -0.1) is 0 Å². The summed E-state index contributed by atoms with van der Waals surface area (Å²) in [5, 5.41) is 0. The van der Waals surface area contributed by atoms with Crippen molar-refractivity contribution in [2.45, 2.75) is 66.1 Å². The van der Waals surface area contributed by atoms with Gasteiger partial charge in [0, 0.05) is 4.75 Å². The Morgan fingerprint density at radius 2 is 1.21 bits per heavy atom. The molecule has 2 unspecified atom stereocenters. The lowest BCUT2D eigenvalue weighted by molar-refractivity contribution is 0.226. The van der Waals surface area contributed by atoms with Crippen LogP contribution in [0.25, 0.3) is 0 Å². The number of hydrogen-bond acceptors (Lipinski definition) is 1. The van der Waals surface area contributed by atoms with E-state index in [0.29, 0.717) is 11.3 Å². The van der Waals surface area contributed by atoms with Crippen molar-refractivity contribution in [2.24, 2.45) is 17.3 Å². The van der Waals surface area contributed by atoms with Crippen LogP contribution < -0.4 is 0 Å². The molecule has 0 saturated heterocycles. The van der Waals surface area contributed by atoms with E-state index in [4.69, 9.17) is 0 Å². The van der Waals surface area contributed by atoms with Crippen molar-refractivity contribution < 1.29 is 0 Å². The Morgan fingerprint density at radius 3 is 1.50 bits per heavy atom. The monoisotopic (exact) mass is 216 g/mol. The summed E-state index contributed by atoms with van der Waals surface area (Å²) in [6, 6.07) is 0. The van der Waals surface area contributed by atoms with Crippen molar-refractivity contribution in [3.63, 3.8) is 0 Å². The maximum Gasteiger partial charge on any atom is 0.00987 e. The molecule has 0 aliphatic carbocycles. The molecule has 0 spiro atoms. The highest BCUT2D eigenvalue weighted by Crippen LogP contribution is 2.33. The molecule has 0 heterocycles. The molecule has 0 aromatic rings. The molecule has 0 aliphatic heterocycles. The Morgan fingerprint density at radius 1 is 0.857 bits per heavy atom. The zero-order chi connectivity index (χ0) is 11.6. The van der Waals surface area contributed by atoms with Gasteiger partial charge >= 0.3 is 0 Å². The Kier molecular flexibility index (Phi) is 5.04. The molecule has 0 N–H and O–H groups in total. The van der Waals surface area contributed by atoms with E-state index in [-0.39, 0.29) is 4.75 Å². The Labute approximate surface area is 96.3 Å². The molecular formula is C13H28S. The van der Waals surface area contributed by atoms with Gasteiger partial charge in [0.1, 0.15) is 0 Å². The fraction of sp³-hybridized carbons (Fsp3) is 1.00. The molecule has 0 rings (SSSR count). The van der Waals surface area contributed by atoms with Gasteiger partial charge in [0.25, 0.3) is 0 Å². The van der Waals surface area contributed by atoms with Crippen molar-refractivity contribution in [3.8, 4) is 0 Å². The SMILES string of the molecule is CC(CCC(C)C(C)(C)S)C(C)(C)C. The summed E-state index contributed by atoms with van der Waals surface area (Å²) in [4.78, 5) is 0. The van der Waals surface area contributed by atoms with Gasteiger partial charge < -0.3 is 0 Å². The van der Waals surface area contributed by atoms with Crippen LogP contribution in [-0.4, -0.2) is 4.75 Å². The largest absolute Gasteiger partial charge is 0.173 e. The molecule has 0 bridgehead atoms. The molecular weight excluding hydrogens is 188 g/mol. The highest BCUT2D eigenvalue weighted by Gasteiger charge is 2.24. The second kappa shape index (κ2) is 4.92. The minimum atomic E-state index is 0.164. The molecule has 1 heteroatoms. The first-order valence-corrected chi connectivity index (χ1v) is 6.22. The van der Waals surface area contributed by atoms with Gasteiger partial charge in [0.15, 0.2) is 0 Å². The highest BCUT2D eigenvalue weighted by molar-refractivity contribution is 7.81. The minimum absolute atomic E-state index is 0.164. The first-order valence-electron chi connectivity index (χ1n) is 5.77. The van der Waals surface area contributed by atoms with Gasteiger partial charge in [-0.2, -0.15) is 12.6 Å². The van der Waals surface area contributed by atoms with Crippen LogP contribution in [0.15, 0.2) is 0 Å². The van der Waals surface area contributed by atoms with Crippen LogP contribution in [0.4, 0.5) is 0 Å². The summed E-state index contributed by atoms with van der Waals surface area (Å²) in [5.41, 5.74) is 0.445. The van der Waals surface area contributed by atoms with Crippen molar-refractivity contribution in [2.75, 3.05) is 0 Å². The summed E-state index contributed by atoms with van der Waals surface area (Å²) in [6.45, 7) is 16.1. The third-order valence-electron chi connectivity index (χ3n) is 3.72. The normalized spacial score (nSPS) is 18.0. The Bertz CT molecular complexity index is 139. The average Bonchev–Trinajstić information content (AvgIpc) is 1.95. The third-order valence-corrected chi connectivity index (χ3v) is 4.16. The van der Waals surface area contributed by atoms with Crippen molar-refractivity contribution in [1.82, 2.24) is 0 Å². The number of thiol groups is 1. The van der Waals surface area contributed by atoms with Crippen LogP contribution in [0.2, 0.25) is 0 Å². The topological polar surface area (TPSA) is 0 Å². The Hall–Kier alpha value is 0.350. The third kappa shape index (κ3) is 5.29. The van der Waals surface area contributed by atoms with Gasteiger partial charge in [-0.05, 0) is 30.1 Å². The lowest BCUT2D eigenvalue weighted by Crippen LogP contribution is -2.24. The zero-order valence-electron chi connectivity index (χ0n) is 11.0. The second-order valence-electron chi connectivity index (χ2n) is 6.40. The van der Waals surface area contributed by atoms with Crippen LogP contribution in [0.3, 0.4) is 0 Å². The van der Waals surface area contributed by atoms with Crippen LogP contribution in [0, 0.1) is 17.3 Å². The molecule has 86 valence electrons. The Balaban J connectivity index is 3.96. The lowest BCUT2D eigenvalue weighted by atomic mass is 9.77. The molecule has 2 atom stereocenters. The highest BCUT2D eigenvalue weighted by atomic mass is 32.1. The molecule has 0 aromatic carbocycles. The maximum absolute atomic E-state index is 4.62. The van der Waals surface area contributed by atoms with Crippen LogP contribution in [-0.2, 0) is 0 Å². The number of rotatable bonds is 4. The van der Waals surface area contributed by atoms with Crippen LogP contribution in [0.5, 0.6) is 0 Å². The molecule has 0 nitrogen and oxygen atoms in total. The van der Waals surface area contributed by atoms with Gasteiger partial charge in [-0.25, -0.2) is 0 Å². The molecule has 0 fully saturated rings. The van der Waals surface area contributed by atoms with Crippen LogP contribution >= 0.6 is 12.6 Å². The molecule has 0 radical (unpaired) electrons. The average molecular weight is 216 g/mol. The van der Waals surface area contributed by atoms with E-state index in [9.17, 15) is 0 Å².